The zero-order valence-corrected chi connectivity index (χ0v) is 11.1. The van der Waals surface area contributed by atoms with E-state index in [2.05, 4.69) is 4.98 Å². The van der Waals surface area contributed by atoms with Crippen LogP contribution in [0.2, 0.25) is 0 Å². The van der Waals surface area contributed by atoms with Gasteiger partial charge in [-0.1, -0.05) is 6.07 Å². The molecule has 2 rings (SSSR count). The maximum atomic E-state index is 12.2. The minimum absolute atomic E-state index is 0.106. The first-order chi connectivity index (χ1) is 8.56. The van der Waals surface area contributed by atoms with Crippen LogP contribution in [0.4, 0.5) is 0 Å². The molecule has 0 saturated heterocycles. The summed E-state index contributed by atoms with van der Waals surface area (Å²) in [5, 5.41) is 0. The van der Waals surface area contributed by atoms with Gasteiger partial charge in [0.25, 0.3) is 0 Å². The number of carbonyl (C=O) groups excluding carboxylic acids is 1. The summed E-state index contributed by atoms with van der Waals surface area (Å²) < 4.78 is 0. The topological polar surface area (TPSA) is 59.2 Å². The van der Waals surface area contributed by atoms with E-state index in [9.17, 15) is 4.79 Å². The molecule has 0 bridgehead atoms. The molecule has 0 spiro atoms. The van der Waals surface area contributed by atoms with Gasteiger partial charge in [0, 0.05) is 24.7 Å². The molecule has 4 heteroatoms. The fourth-order valence-electron chi connectivity index (χ4n) is 2.56. The molecule has 2 unspecified atom stereocenters. The van der Waals surface area contributed by atoms with Crippen LogP contribution in [0.25, 0.3) is 0 Å². The number of nitrogens with two attached hydrogens (primary N) is 1. The highest BCUT2D eigenvalue weighted by Crippen LogP contribution is 2.26. The van der Waals surface area contributed by atoms with E-state index in [1.807, 2.05) is 32.2 Å². The van der Waals surface area contributed by atoms with E-state index in [1.54, 1.807) is 4.90 Å². The zero-order chi connectivity index (χ0) is 13.1. The number of aromatic nitrogens is 1. The average Bonchev–Trinajstić information content (AvgIpc) is 2.75. The normalized spacial score (nSPS) is 23.1. The van der Waals surface area contributed by atoms with Crippen molar-refractivity contribution < 1.29 is 4.79 Å². The van der Waals surface area contributed by atoms with Gasteiger partial charge < -0.3 is 10.6 Å². The SMILES string of the molecule is Cc1cccc(CN(C)C(=O)C2CCC(N)C2)n1. The van der Waals surface area contributed by atoms with E-state index >= 15 is 0 Å². The number of nitrogens with zero attached hydrogens (tertiary/aromatic N) is 2. The second kappa shape index (κ2) is 5.48. The molecule has 1 fully saturated rings. The van der Waals surface area contributed by atoms with Crippen molar-refractivity contribution in [3.05, 3.63) is 29.6 Å². The molecule has 1 heterocycles. The van der Waals surface area contributed by atoms with E-state index in [0.29, 0.717) is 6.54 Å². The van der Waals surface area contributed by atoms with Crippen molar-refractivity contribution in [1.82, 2.24) is 9.88 Å². The summed E-state index contributed by atoms with van der Waals surface area (Å²) in [6, 6.07) is 6.09. The van der Waals surface area contributed by atoms with Crippen LogP contribution >= 0.6 is 0 Å². The molecular formula is C14H21N3O. The molecule has 1 aromatic heterocycles. The van der Waals surface area contributed by atoms with E-state index in [-0.39, 0.29) is 17.9 Å². The number of hydrogen-bond acceptors (Lipinski definition) is 3. The number of aryl methyl sites for hydroxylation is 1. The van der Waals surface area contributed by atoms with Crippen LogP contribution < -0.4 is 5.73 Å². The zero-order valence-electron chi connectivity index (χ0n) is 11.1. The Kier molecular flexibility index (Phi) is 3.97. The van der Waals surface area contributed by atoms with Gasteiger partial charge in [-0.3, -0.25) is 9.78 Å². The van der Waals surface area contributed by atoms with Crippen molar-refractivity contribution in [2.24, 2.45) is 11.7 Å². The lowest BCUT2D eigenvalue weighted by Gasteiger charge is -2.20. The Hall–Kier alpha value is -1.42. The molecule has 1 aliphatic carbocycles. The lowest BCUT2D eigenvalue weighted by atomic mass is 10.1. The minimum Gasteiger partial charge on any atom is -0.340 e. The lowest BCUT2D eigenvalue weighted by molar-refractivity contribution is -0.134. The van der Waals surface area contributed by atoms with Gasteiger partial charge in [0.15, 0.2) is 0 Å². The summed E-state index contributed by atoms with van der Waals surface area (Å²) >= 11 is 0. The van der Waals surface area contributed by atoms with Crippen LogP contribution in [0.5, 0.6) is 0 Å². The van der Waals surface area contributed by atoms with E-state index < -0.39 is 0 Å². The van der Waals surface area contributed by atoms with Crippen LogP contribution in [0.1, 0.15) is 30.7 Å². The van der Waals surface area contributed by atoms with E-state index in [1.165, 1.54) is 0 Å². The van der Waals surface area contributed by atoms with Crippen molar-refractivity contribution >= 4 is 5.91 Å². The monoisotopic (exact) mass is 247 g/mol. The van der Waals surface area contributed by atoms with Crippen LogP contribution in [0.15, 0.2) is 18.2 Å². The Labute approximate surface area is 108 Å². The first kappa shape index (κ1) is 13.0. The molecule has 18 heavy (non-hydrogen) atoms. The maximum Gasteiger partial charge on any atom is 0.225 e. The third-order valence-electron chi connectivity index (χ3n) is 3.54. The Bertz CT molecular complexity index is 433. The number of pyridine rings is 1. The van der Waals surface area contributed by atoms with Gasteiger partial charge in [0.1, 0.15) is 0 Å². The Morgan fingerprint density at radius 1 is 1.50 bits per heavy atom. The Morgan fingerprint density at radius 2 is 2.28 bits per heavy atom. The van der Waals surface area contributed by atoms with Crippen molar-refractivity contribution in [2.45, 2.75) is 38.8 Å². The standard InChI is InChI=1S/C14H21N3O/c1-10-4-3-5-13(16-10)9-17(2)14(18)11-6-7-12(15)8-11/h3-5,11-12H,6-9,15H2,1-2H3. The number of rotatable bonds is 3. The highest BCUT2D eigenvalue weighted by molar-refractivity contribution is 5.78. The summed E-state index contributed by atoms with van der Waals surface area (Å²) in [5.41, 5.74) is 7.77. The quantitative estimate of drug-likeness (QED) is 0.880. The number of carbonyl (C=O) groups is 1. The highest BCUT2D eigenvalue weighted by atomic mass is 16.2. The molecule has 4 nitrogen and oxygen atoms in total. The van der Waals surface area contributed by atoms with Crippen LogP contribution in [0.3, 0.4) is 0 Å². The van der Waals surface area contributed by atoms with Crippen LogP contribution in [-0.4, -0.2) is 28.9 Å². The molecule has 0 aromatic carbocycles. The summed E-state index contributed by atoms with van der Waals surface area (Å²) in [4.78, 5) is 18.4. The summed E-state index contributed by atoms with van der Waals surface area (Å²) in [5.74, 6) is 0.307. The van der Waals surface area contributed by atoms with Crippen molar-refractivity contribution in [2.75, 3.05) is 7.05 Å². The predicted octanol–water partition coefficient (Wildman–Crippen LogP) is 1.48. The maximum absolute atomic E-state index is 12.2. The number of amides is 1. The van der Waals surface area contributed by atoms with Crippen LogP contribution in [-0.2, 0) is 11.3 Å². The second-order valence-electron chi connectivity index (χ2n) is 5.23. The predicted molar refractivity (Wildman–Crippen MR) is 70.8 cm³/mol. The summed E-state index contributed by atoms with van der Waals surface area (Å²) in [6.45, 7) is 2.54. The highest BCUT2D eigenvalue weighted by Gasteiger charge is 2.29. The molecule has 98 valence electrons. The molecule has 0 aliphatic heterocycles. The Balaban J connectivity index is 1.95. The van der Waals surface area contributed by atoms with Gasteiger partial charge >= 0.3 is 0 Å². The molecule has 1 aliphatic rings. The third-order valence-corrected chi connectivity index (χ3v) is 3.54. The first-order valence-electron chi connectivity index (χ1n) is 6.49. The van der Waals surface area contributed by atoms with Gasteiger partial charge in [-0.2, -0.15) is 0 Å². The van der Waals surface area contributed by atoms with Gasteiger partial charge in [-0.15, -0.1) is 0 Å². The lowest BCUT2D eigenvalue weighted by Crippen LogP contribution is -2.32. The van der Waals surface area contributed by atoms with E-state index in [4.69, 9.17) is 5.73 Å². The average molecular weight is 247 g/mol. The molecule has 1 aromatic rings. The Morgan fingerprint density at radius 3 is 2.89 bits per heavy atom. The van der Waals surface area contributed by atoms with E-state index in [0.717, 1.165) is 30.7 Å². The van der Waals surface area contributed by atoms with Crippen molar-refractivity contribution in [3.63, 3.8) is 0 Å². The fourth-order valence-corrected chi connectivity index (χ4v) is 2.56. The van der Waals surface area contributed by atoms with Crippen molar-refractivity contribution in [3.8, 4) is 0 Å². The first-order valence-corrected chi connectivity index (χ1v) is 6.49. The van der Waals surface area contributed by atoms with Gasteiger partial charge in [0.05, 0.1) is 12.2 Å². The molecule has 2 N–H and O–H groups in total. The van der Waals surface area contributed by atoms with Crippen molar-refractivity contribution in [1.29, 1.82) is 0 Å². The smallest absolute Gasteiger partial charge is 0.225 e. The summed E-state index contributed by atoms with van der Waals surface area (Å²) in [6.07, 6.45) is 2.71. The van der Waals surface area contributed by atoms with Gasteiger partial charge in [-0.25, -0.2) is 0 Å². The third kappa shape index (κ3) is 3.07. The molecule has 2 atom stereocenters. The second-order valence-corrected chi connectivity index (χ2v) is 5.23. The molecular weight excluding hydrogens is 226 g/mol. The fraction of sp³-hybridized carbons (Fsp3) is 0.571. The minimum atomic E-state index is 0.106. The largest absolute Gasteiger partial charge is 0.340 e. The van der Waals surface area contributed by atoms with Gasteiger partial charge in [-0.05, 0) is 38.3 Å². The molecule has 1 amide bonds. The van der Waals surface area contributed by atoms with Gasteiger partial charge in [0.2, 0.25) is 5.91 Å². The van der Waals surface area contributed by atoms with Crippen LogP contribution in [0, 0.1) is 12.8 Å². The molecule has 0 radical (unpaired) electrons. The number of hydrogen-bond donors (Lipinski definition) is 1. The molecule has 1 saturated carbocycles. The summed E-state index contributed by atoms with van der Waals surface area (Å²) in [7, 11) is 1.84.